The molecule has 0 aliphatic carbocycles. The standard InChI is InChI=1S/C21H17ClN6O/c1-2-28-19(17(22)11-26-28)21(29)27-18-8-12(7-13-9-23-10-16(13)18)14-3-5-24-20-15(14)4-6-25-20/h3-8,10-11H,2,9H2,1H3,(H,24,25)(H,27,29). The number of nitrogens with zero attached hydrogens (tertiary/aromatic N) is 4. The van der Waals surface area contributed by atoms with Gasteiger partial charge in [-0.05, 0) is 47.9 Å². The lowest BCUT2D eigenvalue weighted by Gasteiger charge is -2.14. The van der Waals surface area contributed by atoms with E-state index in [9.17, 15) is 4.79 Å². The van der Waals surface area contributed by atoms with Crippen LogP contribution in [0.5, 0.6) is 0 Å². The predicted octanol–water partition coefficient (Wildman–Crippen LogP) is 4.28. The van der Waals surface area contributed by atoms with Crippen molar-refractivity contribution in [3.63, 3.8) is 0 Å². The van der Waals surface area contributed by atoms with E-state index < -0.39 is 0 Å². The number of hydrogen-bond donors (Lipinski definition) is 2. The highest BCUT2D eigenvalue weighted by atomic mass is 35.5. The molecule has 3 aromatic heterocycles. The molecule has 4 aromatic rings. The summed E-state index contributed by atoms with van der Waals surface area (Å²) in [7, 11) is 0. The average Bonchev–Trinajstić information content (AvgIpc) is 3.46. The molecule has 0 fully saturated rings. The van der Waals surface area contributed by atoms with Gasteiger partial charge in [-0.25, -0.2) is 4.98 Å². The molecule has 0 bridgehead atoms. The molecule has 7 nitrogen and oxygen atoms in total. The monoisotopic (exact) mass is 404 g/mol. The van der Waals surface area contributed by atoms with Crippen LogP contribution in [0.25, 0.3) is 22.2 Å². The van der Waals surface area contributed by atoms with Gasteiger partial charge in [0, 0.05) is 36.1 Å². The number of carbonyl (C=O) groups is 1. The number of aliphatic imine (C=N–C) groups is 1. The zero-order valence-electron chi connectivity index (χ0n) is 15.6. The number of carbonyl (C=O) groups excluding carboxylic acids is 1. The highest BCUT2D eigenvalue weighted by Gasteiger charge is 2.21. The first-order chi connectivity index (χ1) is 14.2. The molecule has 2 N–H and O–H groups in total. The van der Waals surface area contributed by atoms with Crippen molar-refractivity contribution in [3.8, 4) is 11.1 Å². The number of aryl methyl sites for hydroxylation is 1. The molecule has 0 atom stereocenters. The second-order valence-electron chi connectivity index (χ2n) is 6.78. The van der Waals surface area contributed by atoms with Crippen LogP contribution in [-0.4, -0.2) is 31.9 Å². The van der Waals surface area contributed by atoms with Gasteiger partial charge in [0.2, 0.25) is 0 Å². The van der Waals surface area contributed by atoms with Crippen molar-refractivity contribution in [1.29, 1.82) is 0 Å². The summed E-state index contributed by atoms with van der Waals surface area (Å²) >= 11 is 6.20. The Kier molecular flexibility index (Phi) is 4.17. The third kappa shape index (κ3) is 2.91. The molecule has 4 heterocycles. The van der Waals surface area contributed by atoms with Crippen LogP contribution in [0.15, 0.2) is 47.8 Å². The third-order valence-electron chi connectivity index (χ3n) is 5.08. The molecule has 0 radical (unpaired) electrons. The topological polar surface area (TPSA) is 88.0 Å². The van der Waals surface area contributed by atoms with E-state index in [1.165, 1.54) is 6.20 Å². The van der Waals surface area contributed by atoms with E-state index in [2.05, 4.69) is 31.4 Å². The van der Waals surface area contributed by atoms with Crippen LogP contribution in [0.3, 0.4) is 0 Å². The van der Waals surface area contributed by atoms with Crippen molar-refractivity contribution in [2.75, 3.05) is 5.32 Å². The van der Waals surface area contributed by atoms with Gasteiger partial charge >= 0.3 is 0 Å². The Morgan fingerprint density at radius 1 is 1.34 bits per heavy atom. The minimum atomic E-state index is -0.296. The summed E-state index contributed by atoms with van der Waals surface area (Å²) in [4.78, 5) is 24.9. The number of amides is 1. The third-order valence-corrected chi connectivity index (χ3v) is 5.35. The normalized spacial score (nSPS) is 12.5. The maximum Gasteiger partial charge on any atom is 0.275 e. The van der Waals surface area contributed by atoms with E-state index in [0.717, 1.165) is 33.3 Å². The summed E-state index contributed by atoms with van der Waals surface area (Å²) in [5.41, 5.74) is 5.88. The van der Waals surface area contributed by atoms with Crippen LogP contribution in [0, 0.1) is 0 Å². The molecule has 1 aliphatic rings. The number of halogens is 1. The Hall–Kier alpha value is -3.45. The molecule has 0 spiro atoms. The average molecular weight is 405 g/mol. The molecular weight excluding hydrogens is 388 g/mol. The SMILES string of the molecule is CCn1ncc(Cl)c1C(=O)Nc1cc(-c2ccnc3[nH]ccc23)cc2c1C=NC2. The zero-order chi connectivity index (χ0) is 20.0. The van der Waals surface area contributed by atoms with Gasteiger partial charge in [0.15, 0.2) is 0 Å². The molecule has 29 heavy (non-hydrogen) atoms. The second-order valence-corrected chi connectivity index (χ2v) is 7.18. The fraction of sp³-hybridized carbons (Fsp3) is 0.143. The van der Waals surface area contributed by atoms with Crippen molar-refractivity contribution in [3.05, 3.63) is 64.7 Å². The Balaban J connectivity index is 1.60. The first-order valence-corrected chi connectivity index (χ1v) is 9.65. The van der Waals surface area contributed by atoms with Crippen molar-refractivity contribution < 1.29 is 4.79 Å². The van der Waals surface area contributed by atoms with Gasteiger partial charge in [-0.15, -0.1) is 0 Å². The van der Waals surface area contributed by atoms with Crippen LogP contribution in [-0.2, 0) is 13.1 Å². The number of H-pyrrole nitrogens is 1. The van der Waals surface area contributed by atoms with E-state index in [1.54, 1.807) is 17.1 Å². The van der Waals surface area contributed by atoms with Crippen molar-refractivity contribution in [2.45, 2.75) is 20.0 Å². The first-order valence-electron chi connectivity index (χ1n) is 9.27. The van der Waals surface area contributed by atoms with Crippen molar-refractivity contribution >= 4 is 40.4 Å². The van der Waals surface area contributed by atoms with E-state index in [0.29, 0.717) is 29.5 Å². The lowest BCUT2D eigenvalue weighted by molar-refractivity contribution is 0.101. The summed E-state index contributed by atoms with van der Waals surface area (Å²) < 4.78 is 1.59. The highest BCUT2D eigenvalue weighted by molar-refractivity contribution is 6.34. The molecule has 1 aromatic carbocycles. The number of aromatic nitrogens is 4. The van der Waals surface area contributed by atoms with Crippen molar-refractivity contribution in [1.82, 2.24) is 19.7 Å². The highest BCUT2D eigenvalue weighted by Crippen LogP contribution is 2.34. The fourth-order valence-electron chi connectivity index (χ4n) is 3.71. The van der Waals surface area contributed by atoms with Gasteiger partial charge in [-0.2, -0.15) is 5.10 Å². The number of hydrogen-bond acceptors (Lipinski definition) is 4. The Labute approximate surface area is 171 Å². The van der Waals surface area contributed by atoms with E-state index in [4.69, 9.17) is 11.6 Å². The van der Waals surface area contributed by atoms with Crippen LogP contribution in [0.4, 0.5) is 5.69 Å². The van der Waals surface area contributed by atoms with E-state index >= 15 is 0 Å². The summed E-state index contributed by atoms with van der Waals surface area (Å²) in [5.74, 6) is -0.296. The summed E-state index contributed by atoms with van der Waals surface area (Å²) in [6.45, 7) is 3.05. The summed E-state index contributed by atoms with van der Waals surface area (Å²) in [6.07, 6.45) is 6.93. The van der Waals surface area contributed by atoms with E-state index in [-0.39, 0.29) is 5.91 Å². The van der Waals surface area contributed by atoms with Crippen LogP contribution in [0.1, 0.15) is 28.5 Å². The first kappa shape index (κ1) is 17.6. The van der Waals surface area contributed by atoms with Gasteiger partial charge in [0.1, 0.15) is 11.3 Å². The number of benzene rings is 1. The molecule has 1 aliphatic heterocycles. The molecule has 1 amide bonds. The number of anilines is 1. The zero-order valence-corrected chi connectivity index (χ0v) is 16.4. The second kappa shape index (κ2) is 6.86. The molecule has 0 saturated carbocycles. The molecule has 0 saturated heterocycles. The molecule has 0 unspecified atom stereocenters. The number of rotatable bonds is 4. The lowest BCUT2D eigenvalue weighted by atomic mass is 9.97. The Bertz CT molecular complexity index is 1290. The molecular formula is C21H17ClN6O. The van der Waals surface area contributed by atoms with Crippen molar-refractivity contribution in [2.24, 2.45) is 4.99 Å². The number of nitrogens with one attached hydrogen (secondary N) is 2. The Morgan fingerprint density at radius 2 is 2.24 bits per heavy atom. The van der Waals surface area contributed by atoms with Gasteiger partial charge < -0.3 is 10.3 Å². The van der Waals surface area contributed by atoms with Crippen LogP contribution >= 0.6 is 11.6 Å². The largest absolute Gasteiger partial charge is 0.346 e. The maximum atomic E-state index is 13.0. The van der Waals surface area contributed by atoms with Gasteiger partial charge in [0.25, 0.3) is 5.91 Å². The fourth-order valence-corrected chi connectivity index (χ4v) is 3.94. The molecule has 5 rings (SSSR count). The maximum absolute atomic E-state index is 13.0. The molecule has 144 valence electrons. The minimum absolute atomic E-state index is 0.296. The van der Waals surface area contributed by atoms with E-state index in [1.807, 2.05) is 31.3 Å². The smallest absolute Gasteiger partial charge is 0.275 e. The number of fused-ring (bicyclic) bond motifs is 2. The predicted molar refractivity (Wildman–Crippen MR) is 114 cm³/mol. The minimum Gasteiger partial charge on any atom is -0.346 e. The Morgan fingerprint density at radius 3 is 3.10 bits per heavy atom. The van der Waals surface area contributed by atoms with Gasteiger partial charge in [0.05, 0.1) is 23.5 Å². The summed E-state index contributed by atoms with van der Waals surface area (Å²) in [5, 5.41) is 8.51. The number of aromatic amines is 1. The lowest BCUT2D eigenvalue weighted by Crippen LogP contribution is -2.19. The van der Waals surface area contributed by atoms with Crippen LogP contribution < -0.4 is 5.32 Å². The quantitative estimate of drug-likeness (QED) is 0.532. The van der Waals surface area contributed by atoms with Crippen LogP contribution in [0.2, 0.25) is 5.02 Å². The summed E-state index contributed by atoms with van der Waals surface area (Å²) in [6, 6.07) is 8.06. The number of pyridine rings is 1. The van der Waals surface area contributed by atoms with Gasteiger partial charge in [-0.3, -0.25) is 14.5 Å². The molecule has 8 heteroatoms. The van der Waals surface area contributed by atoms with Gasteiger partial charge in [-0.1, -0.05) is 11.6 Å².